The van der Waals surface area contributed by atoms with Gasteiger partial charge in [-0.1, -0.05) is 12.8 Å². The van der Waals surface area contributed by atoms with Crippen LogP contribution in [0.3, 0.4) is 0 Å². The molecule has 9 heteroatoms. The van der Waals surface area contributed by atoms with Crippen LogP contribution in [0.1, 0.15) is 25.7 Å². The standard InChI is InChI=1S/C7H16F5N3Si/c8-6(9,7(10,11)12)4-2-1-3-5-16(13,14)15/h1-5,13-15H2. The summed E-state index contributed by atoms with van der Waals surface area (Å²) in [5.41, 5.74) is 0. The fourth-order valence-corrected chi connectivity index (χ4v) is 1.96. The fraction of sp³-hybridized carbons (Fsp3) is 1.00. The van der Waals surface area contributed by atoms with Crippen LogP contribution in [0, 0.1) is 0 Å². The second-order valence-electron chi connectivity index (χ2n) is 3.88. The van der Waals surface area contributed by atoms with E-state index in [0.717, 1.165) is 0 Å². The van der Waals surface area contributed by atoms with E-state index in [9.17, 15) is 22.0 Å². The van der Waals surface area contributed by atoms with Gasteiger partial charge in [0.1, 0.15) is 0 Å². The lowest BCUT2D eigenvalue weighted by molar-refractivity contribution is -0.284. The molecule has 0 aliphatic heterocycles. The number of halogens is 5. The van der Waals surface area contributed by atoms with Gasteiger partial charge in [0.2, 0.25) is 0 Å². The van der Waals surface area contributed by atoms with Gasteiger partial charge in [-0.15, -0.1) is 0 Å². The molecule has 0 aromatic rings. The predicted octanol–water partition coefficient (Wildman–Crippen LogP) is 1.56. The van der Waals surface area contributed by atoms with Crippen LogP contribution in [0.2, 0.25) is 6.04 Å². The molecule has 0 amide bonds. The molecule has 0 bridgehead atoms. The molecule has 0 saturated carbocycles. The van der Waals surface area contributed by atoms with Crippen molar-refractivity contribution >= 4 is 8.56 Å². The molecule has 0 fully saturated rings. The van der Waals surface area contributed by atoms with E-state index >= 15 is 0 Å². The maximum Gasteiger partial charge on any atom is 0.453 e. The molecule has 0 radical (unpaired) electrons. The third-order valence-corrected chi connectivity index (χ3v) is 3.23. The molecule has 0 saturated heterocycles. The van der Waals surface area contributed by atoms with Gasteiger partial charge in [0.05, 0.1) is 0 Å². The summed E-state index contributed by atoms with van der Waals surface area (Å²) in [5.74, 6) is -4.62. The Hall–Kier alpha value is -0.253. The minimum Gasteiger partial charge on any atom is -0.327 e. The lowest BCUT2D eigenvalue weighted by atomic mass is 10.1. The lowest BCUT2D eigenvalue weighted by Gasteiger charge is -2.19. The van der Waals surface area contributed by atoms with Gasteiger partial charge >= 0.3 is 12.1 Å². The average molecular weight is 265 g/mol. The molecule has 0 spiro atoms. The first kappa shape index (κ1) is 15.7. The summed E-state index contributed by atoms with van der Waals surface area (Å²) in [5, 5.41) is 16.0. The molecule has 16 heavy (non-hydrogen) atoms. The van der Waals surface area contributed by atoms with E-state index in [-0.39, 0.29) is 12.8 Å². The summed E-state index contributed by atoms with van der Waals surface area (Å²) < 4.78 is 60.0. The van der Waals surface area contributed by atoms with Crippen molar-refractivity contribution in [3.63, 3.8) is 0 Å². The number of nitrogens with two attached hydrogens (primary N) is 3. The highest BCUT2D eigenvalue weighted by atomic mass is 28.4. The molecule has 0 rings (SSSR count). The van der Waals surface area contributed by atoms with E-state index in [1.165, 1.54) is 0 Å². The Kier molecular flexibility index (Phi) is 5.30. The summed E-state index contributed by atoms with van der Waals surface area (Å²) >= 11 is 0. The monoisotopic (exact) mass is 265 g/mol. The first-order valence-corrected chi connectivity index (χ1v) is 7.21. The predicted molar refractivity (Wildman–Crippen MR) is 52.6 cm³/mol. The van der Waals surface area contributed by atoms with Crippen LogP contribution in [0.25, 0.3) is 0 Å². The zero-order chi connectivity index (χ0) is 13.0. The topological polar surface area (TPSA) is 78.1 Å². The minimum absolute atomic E-state index is 0.214. The van der Waals surface area contributed by atoms with Gasteiger partial charge in [-0.2, -0.15) is 22.0 Å². The van der Waals surface area contributed by atoms with Gasteiger partial charge in [0.15, 0.2) is 0 Å². The third kappa shape index (κ3) is 6.36. The van der Waals surface area contributed by atoms with E-state index in [1.54, 1.807) is 0 Å². The van der Waals surface area contributed by atoms with Crippen molar-refractivity contribution in [2.75, 3.05) is 0 Å². The second kappa shape index (κ2) is 5.39. The third-order valence-electron chi connectivity index (χ3n) is 2.02. The number of alkyl halides is 5. The number of unbranched alkanes of at least 4 members (excludes halogenated alkanes) is 2. The van der Waals surface area contributed by atoms with E-state index < -0.39 is 27.1 Å². The molecule has 6 N–H and O–H groups in total. The Morgan fingerprint density at radius 1 is 0.812 bits per heavy atom. The SMILES string of the molecule is N[Si](N)(N)CCCCCC(F)(F)C(F)(F)F. The van der Waals surface area contributed by atoms with Crippen molar-refractivity contribution in [3.05, 3.63) is 0 Å². The largest absolute Gasteiger partial charge is 0.453 e. The van der Waals surface area contributed by atoms with Crippen LogP contribution in [-0.2, 0) is 0 Å². The molecule has 0 aromatic carbocycles. The Morgan fingerprint density at radius 2 is 1.31 bits per heavy atom. The van der Waals surface area contributed by atoms with E-state index in [4.69, 9.17) is 16.2 Å². The second-order valence-corrected chi connectivity index (χ2v) is 6.60. The maximum absolute atomic E-state index is 12.4. The first-order valence-electron chi connectivity index (χ1n) is 4.77. The molecule has 3 nitrogen and oxygen atoms in total. The van der Waals surface area contributed by atoms with E-state index in [2.05, 4.69) is 0 Å². The summed E-state index contributed by atoms with van der Waals surface area (Å²) in [6, 6.07) is 0.310. The lowest BCUT2D eigenvalue weighted by Crippen LogP contribution is -2.64. The highest BCUT2D eigenvalue weighted by Crippen LogP contribution is 2.39. The molecule has 0 atom stereocenters. The highest BCUT2D eigenvalue weighted by molar-refractivity contribution is 6.70. The van der Waals surface area contributed by atoms with E-state index in [0.29, 0.717) is 12.5 Å². The zero-order valence-electron chi connectivity index (χ0n) is 8.66. The molecule has 98 valence electrons. The Bertz CT molecular complexity index is 213. The van der Waals surface area contributed by atoms with Gasteiger partial charge in [-0.25, -0.2) is 0 Å². The van der Waals surface area contributed by atoms with Crippen molar-refractivity contribution in [2.45, 2.75) is 43.8 Å². The van der Waals surface area contributed by atoms with E-state index in [1.807, 2.05) is 0 Å². The van der Waals surface area contributed by atoms with Crippen molar-refractivity contribution in [1.82, 2.24) is 0 Å². The molecular formula is C7H16F5N3Si. The molecule has 0 aliphatic rings. The van der Waals surface area contributed by atoms with Crippen LogP contribution >= 0.6 is 0 Å². The fourth-order valence-electron chi connectivity index (χ4n) is 1.10. The van der Waals surface area contributed by atoms with Gasteiger partial charge in [0, 0.05) is 6.42 Å². The molecular weight excluding hydrogens is 249 g/mol. The molecule has 0 heterocycles. The van der Waals surface area contributed by atoms with Crippen molar-refractivity contribution < 1.29 is 22.0 Å². The average Bonchev–Trinajstić information content (AvgIpc) is 1.98. The summed E-state index contributed by atoms with van der Waals surface area (Å²) in [7, 11) is -2.70. The molecule has 0 aromatic heterocycles. The number of hydrogen-bond acceptors (Lipinski definition) is 3. The zero-order valence-corrected chi connectivity index (χ0v) is 9.66. The van der Waals surface area contributed by atoms with Gasteiger partial charge in [0.25, 0.3) is 8.56 Å². The van der Waals surface area contributed by atoms with Crippen LogP contribution in [0.5, 0.6) is 0 Å². The number of rotatable bonds is 6. The van der Waals surface area contributed by atoms with Gasteiger partial charge in [-0.05, 0) is 12.5 Å². The maximum atomic E-state index is 12.4. The first-order chi connectivity index (χ1) is 6.96. The summed E-state index contributed by atoms with van der Waals surface area (Å²) in [4.78, 5) is 0. The summed E-state index contributed by atoms with van der Waals surface area (Å²) in [6.07, 6.45) is -6.31. The van der Waals surface area contributed by atoms with Crippen molar-refractivity contribution in [2.24, 2.45) is 16.2 Å². The molecule has 0 aliphatic carbocycles. The van der Waals surface area contributed by atoms with Crippen LogP contribution in [0.15, 0.2) is 0 Å². The van der Waals surface area contributed by atoms with Crippen LogP contribution in [-0.4, -0.2) is 20.7 Å². The minimum atomic E-state index is -5.47. The Labute approximate surface area is 91.4 Å². The Balaban J connectivity index is 3.75. The van der Waals surface area contributed by atoms with Crippen molar-refractivity contribution in [3.8, 4) is 0 Å². The highest BCUT2D eigenvalue weighted by Gasteiger charge is 2.56. The van der Waals surface area contributed by atoms with Crippen molar-refractivity contribution in [1.29, 1.82) is 0 Å². The quantitative estimate of drug-likeness (QED) is 0.387. The number of hydrogen-bond donors (Lipinski definition) is 3. The molecule has 0 unspecified atom stereocenters. The van der Waals surface area contributed by atoms with Crippen LogP contribution in [0.4, 0.5) is 22.0 Å². The normalized spacial score (nSPS) is 14.2. The smallest absolute Gasteiger partial charge is 0.327 e. The van der Waals surface area contributed by atoms with Gasteiger partial charge in [-0.3, -0.25) is 0 Å². The summed E-state index contributed by atoms with van der Waals surface area (Å²) in [6.45, 7) is 0. The Morgan fingerprint density at radius 3 is 1.69 bits per heavy atom. The van der Waals surface area contributed by atoms with Crippen LogP contribution < -0.4 is 16.2 Å². The van der Waals surface area contributed by atoms with Gasteiger partial charge < -0.3 is 16.2 Å².